The second kappa shape index (κ2) is 6.61. The molecule has 1 atom stereocenters. The third-order valence-corrected chi connectivity index (χ3v) is 3.40. The summed E-state index contributed by atoms with van der Waals surface area (Å²) in [4.78, 5) is 0. The van der Waals surface area contributed by atoms with E-state index in [1.54, 1.807) is 19.6 Å². The Kier molecular flexibility index (Phi) is 4.84. The molecule has 5 heteroatoms. The Morgan fingerprint density at radius 3 is 2.80 bits per heavy atom. The van der Waals surface area contributed by atoms with Crippen molar-refractivity contribution in [1.82, 2.24) is 15.1 Å². The third-order valence-electron chi connectivity index (χ3n) is 3.40. The van der Waals surface area contributed by atoms with Gasteiger partial charge in [-0.15, -0.1) is 0 Å². The summed E-state index contributed by atoms with van der Waals surface area (Å²) < 4.78 is 13.1. The molecular weight excluding hydrogens is 254 g/mol. The molecule has 0 saturated carbocycles. The number of rotatable bonds is 7. The fraction of sp³-hybridized carbons (Fsp3) is 0.533. The molecule has 0 aliphatic heterocycles. The van der Waals surface area contributed by atoms with Gasteiger partial charge >= 0.3 is 0 Å². The van der Waals surface area contributed by atoms with Gasteiger partial charge in [0.1, 0.15) is 17.5 Å². The normalized spacial score (nSPS) is 12.6. The number of furan rings is 1. The lowest BCUT2D eigenvalue weighted by molar-refractivity contribution is 0.382. The van der Waals surface area contributed by atoms with Crippen LogP contribution in [-0.4, -0.2) is 23.4 Å². The first kappa shape index (κ1) is 14.7. The van der Waals surface area contributed by atoms with Crippen molar-refractivity contribution < 1.29 is 9.15 Å². The predicted molar refractivity (Wildman–Crippen MR) is 78.0 cm³/mol. The summed E-state index contributed by atoms with van der Waals surface area (Å²) in [6, 6.07) is 1.94. The molecule has 2 aromatic heterocycles. The van der Waals surface area contributed by atoms with Gasteiger partial charge in [-0.05, 0) is 38.4 Å². The molecule has 1 unspecified atom stereocenters. The molecule has 0 aliphatic carbocycles. The molecule has 2 rings (SSSR count). The molecule has 110 valence electrons. The Labute approximate surface area is 119 Å². The van der Waals surface area contributed by atoms with Crippen molar-refractivity contribution in [2.45, 2.75) is 39.8 Å². The number of ether oxygens (including phenoxy) is 1. The zero-order chi connectivity index (χ0) is 14.5. The van der Waals surface area contributed by atoms with E-state index < -0.39 is 0 Å². The van der Waals surface area contributed by atoms with Crippen LogP contribution in [0.4, 0.5) is 0 Å². The van der Waals surface area contributed by atoms with Crippen LogP contribution in [0.3, 0.4) is 0 Å². The van der Waals surface area contributed by atoms with Crippen LogP contribution in [0.25, 0.3) is 0 Å². The van der Waals surface area contributed by atoms with Gasteiger partial charge < -0.3 is 14.5 Å². The van der Waals surface area contributed by atoms with Crippen molar-refractivity contribution in [3.8, 4) is 5.75 Å². The number of hydrogen-bond acceptors (Lipinski definition) is 4. The van der Waals surface area contributed by atoms with Crippen molar-refractivity contribution in [2.75, 3.05) is 13.7 Å². The summed E-state index contributed by atoms with van der Waals surface area (Å²) in [7, 11) is 1.67. The number of aryl methyl sites for hydroxylation is 2. The average Bonchev–Trinajstić information content (AvgIpc) is 3.06. The van der Waals surface area contributed by atoms with E-state index in [9.17, 15) is 0 Å². The monoisotopic (exact) mass is 277 g/mol. The zero-order valence-corrected chi connectivity index (χ0v) is 12.6. The summed E-state index contributed by atoms with van der Waals surface area (Å²) >= 11 is 0. The topological polar surface area (TPSA) is 52.2 Å². The summed E-state index contributed by atoms with van der Waals surface area (Å²) in [5, 5.41) is 7.91. The van der Waals surface area contributed by atoms with Gasteiger partial charge in [-0.1, -0.05) is 6.92 Å². The maximum atomic E-state index is 5.69. The van der Waals surface area contributed by atoms with Gasteiger partial charge in [0.2, 0.25) is 0 Å². The highest BCUT2D eigenvalue weighted by atomic mass is 16.5. The number of nitrogens with zero attached hydrogens (tertiary/aromatic N) is 2. The second-order valence-electron chi connectivity index (χ2n) is 4.77. The summed E-state index contributed by atoms with van der Waals surface area (Å²) in [5.74, 6) is 1.71. The molecule has 5 nitrogen and oxygen atoms in total. The minimum atomic E-state index is -0.0395. The van der Waals surface area contributed by atoms with Crippen molar-refractivity contribution >= 4 is 0 Å². The van der Waals surface area contributed by atoms with Gasteiger partial charge in [0.15, 0.2) is 5.75 Å². The Hall–Kier alpha value is -1.75. The van der Waals surface area contributed by atoms with Crippen LogP contribution >= 0.6 is 0 Å². The van der Waals surface area contributed by atoms with Crippen LogP contribution in [0.15, 0.2) is 22.9 Å². The van der Waals surface area contributed by atoms with Crippen LogP contribution in [0.1, 0.15) is 43.3 Å². The summed E-state index contributed by atoms with van der Waals surface area (Å²) in [6.07, 6.45) is 4.54. The van der Waals surface area contributed by atoms with Gasteiger partial charge in [0, 0.05) is 6.54 Å². The summed E-state index contributed by atoms with van der Waals surface area (Å²) in [5.41, 5.74) is 2.14. The van der Waals surface area contributed by atoms with E-state index in [0.29, 0.717) is 0 Å². The first-order valence-electron chi connectivity index (χ1n) is 7.09. The Balaban J connectivity index is 2.46. The minimum Gasteiger partial charge on any atom is -0.493 e. The van der Waals surface area contributed by atoms with Crippen molar-refractivity contribution in [2.24, 2.45) is 0 Å². The lowest BCUT2D eigenvalue weighted by Gasteiger charge is -2.19. The van der Waals surface area contributed by atoms with Gasteiger partial charge in [-0.25, -0.2) is 0 Å². The first-order valence-corrected chi connectivity index (χ1v) is 7.09. The predicted octanol–water partition coefficient (Wildman–Crippen LogP) is 2.90. The third kappa shape index (κ3) is 2.72. The van der Waals surface area contributed by atoms with Crippen molar-refractivity contribution in [3.63, 3.8) is 0 Å². The zero-order valence-electron chi connectivity index (χ0n) is 12.6. The maximum absolute atomic E-state index is 5.69. The highest BCUT2D eigenvalue weighted by Gasteiger charge is 2.26. The lowest BCUT2D eigenvalue weighted by atomic mass is 10.1. The Morgan fingerprint density at radius 2 is 2.25 bits per heavy atom. The van der Waals surface area contributed by atoms with Gasteiger partial charge in [0.25, 0.3) is 0 Å². The SMILES string of the molecule is CCCNC(c1occc1C)c1c(OC)cnn1CC. The molecule has 0 amide bonds. The molecule has 2 heterocycles. The summed E-state index contributed by atoms with van der Waals surface area (Å²) in [6.45, 7) is 7.97. The molecule has 0 radical (unpaired) electrons. The molecule has 2 aromatic rings. The highest BCUT2D eigenvalue weighted by Crippen LogP contribution is 2.32. The van der Waals surface area contributed by atoms with Gasteiger partial charge in [-0.2, -0.15) is 5.10 Å². The van der Waals surface area contributed by atoms with Gasteiger partial charge in [0.05, 0.1) is 19.6 Å². The van der Waals surface area contributed by atoms with Gasteiger partial charge in [-0.3, -0.25) is 4.68 Å². The van der Waals surface area contributed by atoms with Crippen LogP contribution in [0.2, 0.25) is 0 Å². The maximum Gasteiger partial charge on any atom is 0.162 e. The van der Waals surface area contributed by atoms with Crippen LogP contribution in [0.5, 0.6) is 5.75 Å². The quantitative estimate of drug-likeness (QED) is 0.845. The number of methoxy groups -OCH3 is 1. The van der Waals surface area contributed by atoms with E-state index in [4.69, 9.17) is 9.15 Å². The van der Waals surface area contributed by atoms with E-state index in [1.807, 2.05) is 10.7 Å². The van der Waals surface area contributed by atoms with Crippen LogP contribution in [0, 0.1) is 6.92 Å². The largest absolute Gasteiger partial charge is 0.493 e. The molecular formula is C15H23N3O2. The molecule has 0 fully saturated rings. The fourth-order valence-electron chi connectivity index (χ4n) is 2.36. The highest BCUT2D eigenvalue weighted by molar-refractivity contribution is 5.35. The molecule has 0 aromatic carbocycles. The van der Waals surface area contributed by atoms with E-state index in [1.165, 1.54) is 0 Å². The van der Waals surface area contributed by atoms with Crippen molar-refractivity contribution in [1.29, 1.82) is 0 Å². The molecule has 20 heavy (non-hydrogen) atoms. The standard InChI is InChI=1S/C15H23N3O2/c1-5-8-16-13(15-11(3)7-9-20-15)14-12(19-4)10-17-18(14)6-2/h7,9-10,13,16H,5-6,8H2,1-4H3. The van der Waals surface area contributed by atoms with Crippen LogP contribution < -0.4 is 10.1 Å². The molecule has 0 spiro atoms. The Morgan fingerprint density at radius 1 is 1.45 bits per heavy atom. The number of aromatic nitrogens is 2. The molecule has 0 aliphatic rings. The molecule has 0 saturated heterocycles. The average molecular weight is 277 g/mol. The molecule has 0 bridgehead atoms. The number of hydrogen-bond donors (Lipinski definition) is 1. The second-order valence-corrected chi connectivity index (χ2v) is 4.77. The smallest absolute Gasteiger partial charge is 0.162 e. The fourth-order valence-corrected chi connectivity index (χ4v) is 2.36. The van der Waals surface area contributed by atoms with E-state index in [-0.39, 0.29) is 6.04 Å². The first-order chi connectivity index (χ1) is 9.72. The van der Waals surface area contributed by atoms with Crippen LogP contribution in [-0.2, 0) is 6.54 Å². The lowest BCUT2D eigenvalue weighted by Crippen LogP contribution is -2.26. The van der Waals surface area contributed by atoms with E-state index in [2.05, 4.69) is 31.2 Å². The number of nitrogens with one attached hydrogen (secondary N) is 1. The molecule has 1 N–H and O–H groups in total. The minimum absolute atomic E-state index is 0.0395. The van der Waals surface area contributed by atoms with E-state index in [0.717, 1.165) is 42.3 Å². The Bertz CT molecular complexity index is 524. The van der Waals surface area contributed by atoms with Crippen molar-refractivity contribution in [3.05, 3.63) is 35.5 Å². The van der Waals surface area contributed by atoms with E-state index >= 15 is 0 Å².